The molecule has 1 heterocycles. The second kappa shape index (κ2) is 7.59. The van der Waals surface area contributed by atoms with E-state index >= 15 is 0 Å². The van der Waals surface area contributed by atoms with E-state index in [1.807, 2.05) is 62.4 Å². The average molecular weight is 374 g/mol. The van der Waals surface area contributed by atoms with Gasteiger partial charge in [0.2, 0.25) is 0 Å². The van der Waals surface area contributed by atoms with E-state index in [2.05, 4.69) is 26.8 Å². The summed E-state index contributed by atoms with van der Waals surface area (Å²) < 4.78 is 1.67. The Labute approximate surface area is 166 Å². The molecule has 0 aliphatic rings. The van der Waals surface area contributed by atoms with E-state index < -0.39 is 5.92 Å². The summed E-state index contributed by atoms with van der Waals surface area (Å²) in [5.41, 5.74) is 2.67. The van der Waals surface area contributed by atoms with Crippen LogP contribution in [0.2, 0.25) is 0 Å². The molecular formula is C24H27N3O. The first-order chi connectivity index (χ1) is 13.2. The fourth-order valence-corrected chi connectivity index (χ4v) is 3.37. The molecule has 1 unspecified atom stereocenters. The largest absolute Gasteiger partial charge is 0.291 e. The Morgan fingerprint density at radius 3 is 2.36 bits per heavy atom. The molecule has 0 radical (unpaired) electrons. The zero-order chi connectivity index (χ0) is 20.5. The minimum Gasteiger partial charge on any atom is -0.291 e. The minimum atomic E-state index is -0.445. The van der Waals surface area contributed by atoms with Crippen LogP contribution < -0.4 is 5.56 Å². The van der Waals surface area contributed by atoms with Crippen molar-refractivity contribution in [2.75, 3.05) is 0 Å². The molecule has 0 saturated carbocycles. The number of rotatable bonds is 4. The molecule has 0 aliphatic heterocycles. The third kappa shape index (κ3) is 3.84. The molecule has 144 valence electrons. The summed E-state index contributed by atoms with van der Waals surface area (Å²) in [6.07, 6.45) is 0. The topological polar surface area (TPSA) is 58.7 Å². The lowest BCUT2D eigenvalue weighted by molar-refractivity contribution is 0.525. The Balaban J connectivity index is 2.28. The Morgan fingerprint density at radius 1 is 1.11 bits per heavy atom. The summed E-state index contributed by atoms with van der Waals surface area (Å²) in [5.74, 6) is 0.159. The molecule has 28 heavy (non-hydrogen) atoms. The van der Waals surface area contributed by atoms with E-state index in [0.29, 0.717) is 23.3 Å². The van der Waals surface area contributed by atoms with Gasteiger partial charge in [-0.15, -0.1) is 0 Å². The SMILES string of the molecule is CC(C)C(C#N)c1nc2cc(C(C)(C)C)ccc2c(=O)n1Cc1ccccc1. The molecule has 0 amide bonds. The molecule has 0 saturated heterocycles. The van der Waals surface area contributed by atoms with Crippen LogP contribution in [-0.4, -0.2) is 9.55 Å². The van der Waals surface area contributed by atoms with Crippen LogP contribution in [-0.2, 0) is 12.0 Å². The molecule has 0 aliphatic carbocycles. The van der Waals surface area contributed by atoms with Crippen LogP contribution in [0.25, 0.3) is 10.9 Å². The maximum absolute atomic E-state index is 13.4. The van der Waals surface area contributed by atoms with E-state index in [1.54, 1.807) is 4.57 Å². The predicted molar refractivity (Wildman–Crippen MR) is 113 cm³/mol. The maximum Gasteiger partial charge on any atom is 0.261 e. The van der Waals surface area contributed by atoms with Crippen molar-refractivity contribution < 1.29 is 0 Å². The van der Waals surface area contributed by atoms with Gasteiger partial charge in [-0.25, -0.2) is 4.98 Å². The molecule has 0 bridgehead atoms. The van der Waals surface area contributed by atoms with Gasteiger partial charge in [0.05, 0.1) is 23.5 Å². The quantitative estimate of drug-likeness (QED) is 0.646. The van der Waals surface area contributed by atoms with Gasteiger partial charge in [-0.1, -0.05) is 71.0 Å². The van der Waals surface area contributed by atoms with Gasteiger partial charge in [0.15, 0.2) is 0 Å². The first-order valence-corrected chi connectivity index (χ1v) is 9.71. The lowest BCUT2D eigenvalue weighted by Gasteiger charge is -2.22. The number of nitriles is 1. The highest BCUT2D eigenvalue weighted by Crippen LogP contribution is 2.27. The Morgan fingerprint density at radius 2 is 1.79 bits per heavy atom. The zero-order valence-electron chi connectivity index (χ0n) is 17.2. The molecule has 1 atom stereocenters. The first kappa shape index (κ1) is 19.8. The van der Waals surface area contributed by atoms with Gasteiger partial charge in [0.25, 0.3) is 5.56 Å². The predicted octanol–water partition coefficient (Wildman–Crippen LogP) is 5.01. The van der Waals surface area contributed by atoms with E-state index in [4.69, 9.17) is 4.98 Å². The Bertz CT molecular complexity index is 1080. The summed E-state index contributed by atoms with van der Waals surface area (Å²) in [7, 11) is 0. The number of benzene rings is 2. The minimum absolute atomic E-state index is 0.0401. The molecule has 3 rings (SSSR count). The normalized spacial score (nSPS) is 12.9. The fraction of sp³-hybridized carbons (Fsp3) is 0.375. The Kier molecular flexibility index (Phi) is 5.38. The molecule has 2 aromatic carbocycles. The monoisotopic (exact) mass is 373 g/mol. The van der Waals surface area contributed by atoms with E-state index in [-0.39, 0.29) is 16.9 Å². The number of fused-ring (bicyclic) bond motifs is 1. The number of hydrogen-bond donors (Lipinski definition) is 0. The van der Waals surface area contributed by atoms with Gasteiger partial charge < -0.3 is 0 Å². The van der Waals surface area contributed by atoms with Crippen molar-refractivity contribution in [1.29, 1.82) is 5.26 Å². The van der Waals surface area contributed by atoms with Gasteiger partial charge >= 0.3 is 0 Å². The van der Waals surface area contributed by atoms with Crippen LogP contribution in [0.1, 0.15) is 57.5 Å². The zero-order valence-corrected chi connectivity index (χ0v) is 17.2. The third-order valence-corrected chi connectivity index (χ3v) is 5.12. The standard InChI is InChI=1S/C24H27N3O/c1-16(2)20(14-25)22-26-21-13-18(24(3,4)5)11-12-19(21)23(28)27(22)15-17-9-7-6-8-10-17/h6-13,16,20H,15H2,1-5H3. The average Bonchev–Trinajstić information content (AvgIpc) is 2.64. The third-order valence-electron chi connectivity index (χ3n) is 5.12. The first-order valence-electron chi connectivity index (χ1n) is 9.71. The molecule has 0 N–H and O–H groups in total. The van der Waals surface area contributed by atoms with Crippen molar-refractivity contribution in [2.45, 2.75) is 52.5 Å². The highest BCUT2D eigenvalue weighted by Gasteiger charge is 2.24. The molecular weight excluding hydrogens is 346 g/mol. The smallest absolute Gasteiger partial charge is 0.261 e. The summed E-state index contributed by atoms with van der Waals surface area (Å²) >= 11 is 0. The van der Waals surface area contributed by atoms with Crippen LogP contribution in [0.15, 0.2) is 53.3 Å². The highest BCUT2D eigenvalue weighted by atomic mass is 16.1. The van der Waals surface area contributed by atoms with Gasteiger partial charge in [-0.2, -0.15) is 5.26 Å². The number of aromatic nitrogens is 2. The van der Waals surface area contributed by atoms with Crippen LogP contribution in [0, 0.1) is 17.2 Å². The van der Waals surface area contributed by atoms with Crippen molar-refractivity contribution in [3.63, 3.8) is 0 Å². The van der Waals surface area contributed by atoms with Crippen LogP contribution in [0.5, 0.6) is 0 Å². The van der Waals surface area contributed by atoms with Crippen LogP contribution in [0.3, 0.4) is 0 Å². The van der Waals surface area contributed by atoms with Crippen LogP contribution in [0.4, 0.5) is 0 Å². The Hall–Kier alpha value is -2.93. The molecule has 0 spiro atoms. The molecule has 4 heteroatoms. The van der Waals surface area contributed by atoms with Crippen molar-refractivity contribution >= 4 is 10.9 Å². The highest BCUT2D eigenvalue weighted by molar-refractivity contribution is 5.78. The van der Waals surface area contributed by atoms with Crippen molar-refractivity contribution in [2.24, 2.45) is 5.92 Å². The van der Waals surface area contributed by atoms with Crippen molar-refractivity contribution in [3.05, 3.63) is 75.8 Å². The van der Waals surface area contributed by atoms with E-state index in [0.717, 1.165) is 11.1 Å². The summed E-state index contributed by atoms with van der Waals surface area (Å²) in [6.45, 7) is 10.8. The molecule has 0 fully saturated rings. The van der Waals surface area contributed by atoms with Crippen LogP contribution >= 0.6 is 0 Å². The van der Waals surface area contributed by atoms with Crippen molar-refractivity contribution in [1.82, 2.24) is 9.55 Å². The van der Waals surface area contributed by atoms with Gasteiger partial charge in [-0.3, -0.25) is 9.36 Å². The lowest BCUT2D eigenvalue weighted by atomic mass is 9.86. The number of hydrogen-bond acceptors (Lipinski definition) is 3. The summed E-state index contributed by atoms with van der Waals surface area (Å²) in [4.78, 5) is 18.2. The molecule has 4 nitrogen and oxygen atoms in total. The van der Waals surface area contributed by atoms with E-state index in [1.165, 1.54) is 0 Å². The molecule has 3 aromatic rings. The van der Waals surface area contributed by atoms with E-state index in [9.17, 15) is 10.1 Å². The fourth-order valence-electron chi connectivity index (χ4n) is 3.37. The number of nitrogens with zero attached hydrogens (tertiary/aromatic N) is 3. The van der Waals surface area contributed by atoms with Gasteiger partial charge in [0, 0.05) is 0 Å². The second-order valence-electron chi connectivity index (χ2n) is 8.68. The van der Waals surface area contributed by atoms with Gasteiger partial charge in [0.1, 0.15) is 11.7 Å². The second-order valence-corrected chi connectivity index (χ2v) is 8.68. The summed E-state index contributed by atoms with van der Waals surface area (Å²) in [6, 6.07) is 18.0. The summed E-state index contributed by atoms with van der Waals surface area (Å²) in [5, 5.41) is 10.4. The maximum atomic E-state index is 13.4. The van der Waals surface area contributed by atoms with Crippen molar-refractivity contribution in [3.8, 4) is 6.07 Å². The lowest BCUT2D eigenvalue weighted by Crippen LogP contribution is -2.29. The van der Waals surface area contributed by atoms with Gasteiger partial charge in [-0.05, 0) is 34.6 Å². The molecule has 1 aromatic heterocycles.